The van der Waals surface area contributed by atoms with Crippen LogP contribution in [0.4, 0.5) is 16.3 Å². The van der Waals surface area contributed by atoms with Crippen LogP contribution in [-0.2, 0) is 0 Å². The number of benzene rings is 1. The van der Waals surface area contributed by atoms with E-state index in [1.807, 2.05) is 49.9 Å². The number of urea groups is 1. The summed E-state index contributed by atoms with van der Waals surface area (Å²) < 4.78 is 5.11. The van der Waals surface area contributed by atoms with Gasteiger partial charge in [0.15, 0.2) is 5.82 Å². The van der Waals surface area contributed by atoms with Crippen molar-refractivity contribution in [3.05, 3.63) is 41.2 Å². The Balaban J connectivity index is 1.60. The van der Waals surface area contributed by atoms with Crippen LogP contribution < -0.4 is 10.2 Å². The lowest BCUT2D eigenvalue weighted by atomic mass is 10.1. The molecule has 0 saturated carbocycles. The molecule has 0 spiro atoms. The first-order valence-electron chi connectivity index (χ1n) is 7.85. The van der Waals surface area contributed by atoms with Crippen molar-refractivity contribution < 1.29 is 9.32 Å². The summed E-state index contributed by atoms with van der Waals surface area (Å²) in [5.74, 6) is 1.65. The Morgan fingerprint density at radius 1 is 1.13 bits per heavy atom. The largest absolute Gasteiger partial charge is 0.360 e. The lowest BCUT2D eigenvalue weighted by molar-refractivity contribution is 0.208. The van der Waals surface area contributed by atoms with Gasteiger partial charge in [0.25, 0.3) is 0 Å². The SMILES string of the molecule is Cc1cc(N2CCN(C(=O)Nc3c(C)cccc3C)CC2)no1. The highest BCUT2D eigenvalue weighted by molar-refractivity contribution is 5.91. The number of carbonyl (C=O) groups excluding carboxylic acids is 1. The maximum atomic E-state index is 12.5. The molecule has 2 heterocycles. The second-order valence-electron chi connectivity index (χ2n) is 5.97. The van der Waals surface area contributed by atoms with E-state index in [0.717, 1.165) is 41.5 Å². The molecule has 0 aliphatic carbocycles. The maximum absolute atomic E-state index is 12.5. The van der Waals surface area contributed by atoms with Crippen molar-refractivity contribution in [3.63, 3.8) is 0 Å². The summed E-state index contributed by atoms with van der Waals surface area (Å²) in [6.45, 7) is 8.75. The first kappa shape index (κ1) is 15.4. The molecule has 6 heteroatoms. The molecule has 1 saturated heterocycles. The Labute approximate surface area is 136 Å². The van der Waals surface area contributed by atoms with Crippen LogP contribution in [-0.4, -0.2) is 42.3 Å². The predicted octanol–water partition coefficient (Wildman–Crippen LogP) is 2.95. The van der Waals surface area contributed by atoms with Crippen molar-refractivity contribution in [2.45, 2.75) is 20.8 Å². The number of aromatic nitrogens is 1. The molecule has 0 bridgehead atoms. The fraction of sp³-hybridized carbons (Fsp3) is 0.412. The number of anilines is 2. The van der Waals surface area contributed by atoms with E-state index in [9.17, 15) is 4.79 Å². The molecule has 0 atom stereocenters. The second-order valence-corrected chi connectivity index (χ2v) is 5.97. The van der Waals surface area contributed by atoms with Crippen LogP contribution in [0.3, 0.4) is 0 Å². The first-order chi connectivity index (χ1) is 11.0. The Bertz CT molecular complexity index is 682. The molecule has 1 aromatic heterocycles. The van der Waals surface area contributed by atoms with Gasteiger partial charge in [-0.15, -0.1) is 0 Å². The van der Waals surface area contributed by atoms with Gasteiger partial charge < -0.3 is 19.6 Å². The van der Waals surface area contributed by atoms with Gasteiger partial charge >= 0.3 is 6.03 Å². The zero-order valence-electron chi connectivity index (χ0n) is 13.8. The summed E-state index contributed by atoms with van der Waals surface area (Å²) in [7, 11) is 0. The molecule has 23 heavy (non-hydrogen) atoms. The van der Waals surface area contributed by atoms with Crippen molar-refractivity contribution >= 4 is 17.5 Å². The van der Waals surface area contributed by atoms with Gasteiger partial charge in [-0.05, 0) is 31.9 Å². The van der Waals surface area contributed by atoms with Crippen LogP contribution in [0, 0.1) is 20.8 Å². The van der Waals surface area contributed by atoms with E-state index in [1.165, 1.54) is 0 Å². The van der Waals surface area contributed by atoms with Crippen LogP contribution >= 0.6 is 0 Å². The van der Waals surface area contributed by atoms with E-state index in [0.29, 0.717) is 13.1 Å². The number of nitrogens with zero attached hydrogens (tertiary/aromatic N) is 3. The predicted molar refractivity (Wildman–Crippen MR) is 90.0 cm³/mol. The van der Waals surface area contributed by atoms with Crippen LogP contribution in [0.5, 0.6) is 0 Å². The second kappa shape index (κ2) is 6.32. The molecule has 2 aromatic rings. The highest BCUT2D eigenvalue weighted by Crippen LogP contribution is 2.21. The van der Waals surface area contributed by atoms with E-state index in [2.05, 4.69) is 15.4 Å². The van der Waals surface area contributed by atoms with Gasteiger partial charge in [0.2, 0.25) is 0 Å². The molecule has 1 aliphatic heterocycles. The first-order valence-corrected chi connectivity index (χ1v) is 7.85. The van der Waals surface area contributed by atoms with E-state index in [-0.39, 0.29) is 6.03 Å². The molecule has 1 aromatic carbocycles. The molecule has 122 valence electrons. The molecular formula is C17H22N4O2. The molecule has 1 aliphatic rings. The Hall–Kier alpha value is -2.50. The third kappa shape index (κ3) is 3.31. The minimum Gasteiger partial charge on any atom is -0.360 e. The van der Waals surface area contributed by atoms with Gasteiger partial charge in [0.1, 0.15) is 5.76 Å². The van der Waals surface area contributed by atoms with Crippen molar-refractivity contribution in [1.82, 2.24) is 10.1 Å². The third-order valence-electron chi connectivity index (χ3n) is 4.22. The number of hydrogen-bond acceptors (Lipinski definition) is 4. The summed E-state index contributed by atoms with van der Waals surface area (Å²) in [6, 6.07) is 7.89. The molecular weight excluding hydrogens is 292 g/mol. The zero-order valence-corrected chi connectivity index (χ0v) is 13.8. The molecule has 6 nitrogen and oxygen atoms in total. The minimum atomic E-state index is -0.0432. The fourth-order valence-corrected chi connectivity index (χ4v) is 2.84. The monoisotopic (exact) mass is 314 g/mol. The topological polar surface area (TPSA) is 61.6 Å². The summed E-state index contributed by atoms with van der Waals surface area (Å²) in [5, 5.41) is 7.07. The Kier molecular flexibility index (Phi) is 4.23. The molecule has 3 rings (SSSR count). The van der Waals surface area contributed by atoms with E-state index < -0.39 is 0 Å². The standard InChI is InChI=1S/C17H22N4O2/c1-12-5-4-6-13(2)16(12)18-17(22)21-9-7-20(8-10-21)15-11-14(3)23-19-15/h4-6,11H,7-10H2,1-3H3,(H,18,22). The molecule has 1 N–H and O–H groups in total. The molecule has 2 amide bonds. The number of piperazine rings is 1. The van der Waals surface area contributed by atoms with Gasteiger partial charge in [0.05, 0.1) is 0 Å². The maximum Gasteiger partial charge on any atom is 0.321 e. The van der Waals surface area contributed by atoms with Gasteiger partial charge in [-0.3, -0.25) is 0 Å². The lowest BCUT2D eigenvalue weighted by Crippen LogP contribution is -2.50. The number of para-hydroxylation sites is 1. The van der Waals surface area contributed by atoms with E-state index in [1.54, 1.807) is 0 Å². The summed E-state index contributed by atoms with van der Waals surface area (Å²) >= 11 is 0. The summed E-state index contributed by atoms with van der Waals surface area (Å²) in [5.41, 5.74) is 3.07. The average molecular weight is 314 g/mol. The van der Waals surface area contributed by atoms with Crippen LogP contribution in [0.25, 0.3) is 0 Å². The number of hydrogen-bond donors (Lipinski definition) is 1. The normalized spacial score (nSPS) is 14.9. The van der Waals surface area contributed by atoms with Crippen molar-refractivity contribution in [2.24, 2.45) is 0 Å². The summed E-state index contributed by atoms with van der Waals surface area (Å²) in [6.07, 6.45) is 0. The van der Waals surface area contributed by atoms with E-state index >= 15 is 0 Å². The lowest BCUT2D eigenvalue weighted by Gasteiger charge is -2.34. The smallest absolute Gasteiger partial charge is 0.321 e. The molecule has 0 unspecified atom stereocenters. The Morgan fingerprint density at radius 2 is 1.78 bits per heavy atom. The average Bonchev–Trinajstić information content (AvgIpc) is 2.97. The van der Waals surface area contributed by atoms with Gasteiger partial charge in [-0.2, -0.15) is 0 Å². The number of aryl methyl sites for hydroxylation is 3. The highest BCUT2D eigenvalue weighted by atomic mass is 16.5. The summed E-state index contributed by atoms with van der Waals surface area (Å²) in [4.78, 5) is 16.5. The van der Waals surface area contributed by atoms with Crippen molar-refractivity contribution in [1.29, 1.82) is 0 Å². The van der Waals surface area contributed by atoms with Gasteiger partial charge in [0, 0.05) is 37.9 Å². The zero-order chi connectivity index (χ0) is 16.4. The van der Waals surface area contributed by atoms with Crippen molar-refractivity contribution in [3.8, 4) is 0 Å². The van der Waals surface area contributed by atoms with Gasteiger partial charge in [-0.1, -0.05) is 23.4 Å². The quantitative estimate of drug-likeness (QED) is 0.926. The fourth-order valence-electron chi connectivity index (χ4n) is 2.84. The number of rotatable bonds is 2. The molecule has 0 radical (unpaired) electrons. The third-order valence-corrected chi connectivity index (χ3v) is 4.22. The van der Waals surface area contributed by atoms with Crippen LogP contribution in [0.2, 0.25) is 0 Å². The number of nitrogens with one attached hydrogen (secondary N) is 1. The number of carbonyl (C=O) groups is 1. The van der Waals surface area contributed by atoms with Crippen LogP contribution in [0.15, 0.2) is 28.8 Å². The molecule has 1 fully saturated rings. The minimum absolute atomic E-state index is 0.0432. The highest BCUT2D eigenvalue weighted by Gasteiger charge is 2.23. The van der Waals surface area contributed by atoms with Crippen molar-refractivity contribution in [2.75, 3.05) is 36.4 Å². The Morgan fingerprint density at radius 3 is 2.35 bits per heavy atom. The van der Waals surface area contributed by atoms with E-state index in [4.69, 9.17) is 4.52 Å². The van der Waals surface area contributed by atoms with Gasteiger partial charge in [-0.25, -0.2) is 4.79 Å². The van der Waals surface area contributed by atoms with Crippen LogP contribution in [0.1, 0.15) is 16.9 Å². The number of amides is 2.